The molecule has 680 valence electrons. The van der Waals surface area contributed by atoms with Crippen molar-refractivity contribution in [2.75, 3.05) is 40.7 Å². The molecule has 22 nitrogen and oxygen atoms in total. The van der Waals surface area contributed by atoms with Gasteiger partial charge < -0.3 is 53.0 Å². The Bertz CT molecular complexity index is 7000. The van der Waals surface area contributed by atoms with Crippen LogP contribution in [-0.4, -0.2) is 90.9 Å². The second-order valence-corrected chi connectivity index (χ2v) is 33.3. The van der Waals surface area contributed by atoms with Gasteiger partial charge in [-0.1, -0.05) is 226 Å². The number of nitrogens with one attached hydrogen (secondary N) is 7. The Hall–Kier alpha value is -14.9. The first-order chi connectivity index (χ1) is 65.8. The Labute approximate surface area is 823 Å². The largest absolute Gasteiger partial charge is 0.398 e. The SMILES string of the molecule is CN(Cc1ccccc1)C(=O)c1ccc(C(=O)Nc2ccc(Cl)c(-c3ccccn3)c2)c(Cl)c1.Nc1ccccc1CNC(=O)c1ccc(C(=O)Nc2ccc(Cl)c(-c3ccccn3)c2)c(Cl)c1.O=C(NCc1ccccc1)c1ccc(C(=O)Nc2ccc(Cl)c(-c3ccccn3)c2)c(Cl)c1.O=C(N[C@@H](CO)c1ccccc1)c1ccc(C(=O)Nc2ccc(Cl)c(-c3ccccn3)c2)c(Cl)c1. The molecule has 4 aromatic heterocycles. The molecule has 0 aliphatic carbocycles. The summed E-state index contributed by atoms with van der Waals surface area (Å²) in [5.41, 5.74) is 20.1. The Morgan fingerprint density at radius 3 is 0.963 bits per heavy atom. The summed E-state index contributed by atoms with van der Waals surface area (Å²) < 4.78 is 0. The molecule has 0 saturated carbocycles. The average molecular weight is 1960 g/mol. The van der Waals surface area contributed by atoms with E-state index in [0.717, 1.165) is 22.3 Å². The summed E-state index contributed by atoms with van der Waals surface area (Å²) in [7, 11) is 1.73. The van der Waals surface area contributed by atoms with Gasteiger partial charge in [-0.05, 0) is 222 Å². The van der Waals surface area contributed by atoms with Crippen LogP contribution in [0.2, 0.25) is 40.2 Å². The molecule has 12 aromatic carbocycles. The number of aliphatic hydroxyl groups is 1. The molecule has 0 fully saturated rings. The van der Waals surface area contributed by atoms with E-state index in [4.69, 9.17) is 98.5 Å². The zero-order valence-corrected chi connectivity index (χ0v) is 78.1. The minimum absolute atomic E-state index is 0.120. The van der Waals surface area contributed by atoms with Crippen molar-refractivity contribution >= 4 is 169 Å². The van der Waals surface area contributed by atoms with Crippen LogP contribution in [0.1, 0.15) is 111 Å². The second-order valence-electron chi connectivity index (χ2n) is 30.0. The maximum Gasteiger partial charge on any atom is 0.257 e. The van der Waals surface area contributed by atoms with Crippen molar-refractivity contribution in [3.05, 3.63) is 465 Å². The summed E-state index contributed by atoms with van der Waals surface area (Å²) in [6.07, 6.45) is 6.69. The summed E-state index contributed by atoms with van der Waals surface area (Å²) in [6.45, 7) is 0.884. The van der Waals surface area contributed by atoms with Gasteiger partial charge in [-0.3, -0.25) is 58.3 Å². The van der Waals surface area contributed by atoms with Gasteiger partial charge in [0.1, 0.15) is 0 Å². The van der Waals surface area contributed by atoms with Gasteiger partial charge >= 0.3 is 0 Å². The number of hydrogen-bond acceptors (Lipinski definition) is 14. The summed E-state index contributed by atoms with van der Waals surface area (Å²) >= 11 is 50.7. The predicted octanol–water partition coefficient (Wildman–Crippen LogP) is 24.4. The molecular formula is C106H81Cl8N13O9. The minimum atomic E-state index is -0.566. The first-order valence-electron chi connectivity index (χ1n) is 41.8. The number of carbonyl (C=O) groups is 8. The fraction of sp³-hybridized carbons (Fsp3) is 0.0566. The van der Waals surface area contributed by atoms with E-state index in [2.05, 4.69) is 57.2 Å². The van der Waals surface area contributed by atoms with Gasteiger partial charge in [-0.2, -0.15) is 0 Å². The molecule has 0 unspecified atom stereocenters. The number of carbonyl (C=O) groups excluding carboxylic acids is 8. The van der Waals surface area contributed by atoms with Crippen molar-refractivity contribution in [1.82, 2.24) is 40.8 Å². The number of nitrogen functional groups attached to an aromatic ring is 1. The van der Waals surface area contributed by atoms with Crippen LogP contribution in [0.4, 0.5) is 28.4 Å². The molecule has 4 heterocycles. The summed E-state index contributed by atoms with van der Waals surface area (Å²) in [4.78, 5) is 121. The van der Waals surface area contributed by atoms with E-state index in [1.807, 2.05) is 176 Å². The first-order valence-corrected chi connectivity index (χ1v) is 44.8. The lowest BCUT2D eigenvalue weighted by Crippen LogP contribution is -2.30. The Balaban J connectivity index is 0.000000153. The van der Waals surface area contributed by atoms with E-state index in [-0.39, 0.29) is 78.8 Å². The van der Waals surface area contributed by atoms with Crippen molar-refractivity contribution in [3.63, 3.8) is 0 Å². The molecule has 0 bridgehead atoms. The second kappa shape index (κ2) is 48.1. The van der Waals surface area contributed by atoms with E-state index in [9.17, 15) is 43.5 Å². The topological polar surface area (TPSA) is 322 Å². The lowest BCUT2D eigenvalue weighted by atomic mass is 10.1. The molecule has 0 aliphatic heterocycles. The molecular weight excluding hydrogens is 1880 g/mol. The molecule has 10 N–H and O–H groups in total. The van der Waals surface area contributed by atoms with E-state index in [1.165, 1.54) is 48.5 Å². The number of para-hydroxylation sites is 1. The van der Waals surface area contributed by atoms with Crippen molar-refractivity contribution in [2.24, 2.45) is 0 Å². The lowest BCUT2D eigenvalue weighted by Gasteiger charge is -2.18. The Morgan fingerprint density at radius 2 is 0.625 bits per heavy atom. The van der Waals surface area contributed by atoms with Crippen LogP contribution >= 0.6 is 92.8 Å². The van der Waals surface area contributed by atoms with Gasteiger partial charge in [0.15, 0.2) is 0 Å². The smallest absolute Gasteiger partial charge is 0.257 e. The lowest BCUT2D eigenvalue weighted by molar-refractivity contribution is 0.0783. The van der Waals surface area contributed by atoms with Gasteiger partial charge in [0, 0.05) is 124 Å². The number of benzene rings is 12. The highest BCUT2D eigenvalue weighted by molar-refractivity contribution is 6.38. The number of amides is 8. The fourth-order valence-corrected chi connectivity index (χ4v) is 15.5. The number of nitrogens with two attached hydrogens (primary N) is 1. The third-order valence-electron chi connectivity index (χ3n) is 20.6. The fourth-order valence-electron chi connectivity index (χ4n) is 13.6. The number of halogens is 8. The molecule has 1 atom stereocenters. The average Bonchev–Trinajstić information content (AvgIpc) is 0.824. The van der Waals surface area contributed by atoms with Crippen LogP contribution in [-0.2, 0) is 19.6 Å². The van der Waals surface area contributed by atoms with Crippen molar-refractivity contribution in [1.29, 1.82) is 0 Å². The normalized spacial score (nSPS) is 10.8. The van der Waals surface area contributed by atoms with Crippen molar-refractivity contribution in [2.45, 2.75) is 25.7 Å². The number of anilines is 5. The molecule has 0 aliphatic rings. The van der Waals surface area contributed by atoms with Gasteiger partial charge in [0.05, 0.1) is 97.9 Å². The van der Waals surface area contributed by atoms with E-state index in [0.29, 0.717) is 123 Å². The number of hydrogen-bond donors (Lipinski definition) is 9. The predicted molar refractivity (Wildman–Crippen MR) is 542 cm³/mol. The number of aromatic nitrogens is 4. The van der Waals surface area contributed by atoms with Gasteiger partial charge in [-0.15, -0.1) is 0 Å². The van der Waals surface area contributed by atoms with Gasteiger partial charge in [0.2, 0.25) is 0 Å². The summed E-state index contributed by atoms with van der Waals surface area (Å²) in [5.74, 6) is -2.84. The number of rotatable bonds is 25. The van der Waals surface area contributed by atoms with Crippen molar-refractivity contribution in [3.8, 4) is 45.0 Å². The van der Waals surface area contributed by atoms with E-state index in [1.54, 1.807) is 146 Å². The van der Waals surface area contributed by atoms with Crippen LogP contribution < -0.4 is 43.0 Å². The van der Waals surface area contributed by atoms with E-state index >= 15 is 0 Å². The highest BCUT2D eigenvalue weighted by Crippen LogP contribution is 2.36. The number of aliphatic hydroxyl groups excluding tert-OH is 1. The highest BCUT2D eigenvalue weighted by Gasteiger charge is 2.24. The van der Waals surface area contributed by atoms with Crippen LogP contribution in [0, 0.1) is 0 Å². The third kappa shape index (κ3) is 27.0. The van der Waals surface area contributed by atoms with Crippen LogP contribution in [0.25, 0.3) is 45.0 Å². The molecule has 16 rings (SSSR count). The maximum absolute atomic E-state index is 12.9. The van der Waals surface area contributed by atoms with Crippen LogP contribution in [0.3, 0.4) is 0 Å². The van der Waals surface area contributed by atoms with E-state index < -0.39 is 35.6 Å². The summed E-state index contributed by atoms with van der Waals surface area (Å²) in [6, 6.07) is 95.9. The number of nitrogens with zero attached hydrogens (tertiary/aromatic N) is 5. The molecule has 8 amide bonds. The van der Waals surface area contributed by atoms with Crippen LogP contribution in [0.15, 0.2) is 358 Å². The van der Waals surface area contributed by atoms with Gasteiger partial charge in [-0.25, -0.2) is 0 Å². The van der Waals surface area contributed by atoms with Crippen LogP contribution in [0.5, 0.6) is 0 Å². The Morgan fingerprint density at radius 1 is 0.316 bits per heavy atom. The molecule has 0 radical (unpaired) electrons. The standard InChI is InChI=1S/C27H21Cl2N3O3.C27H21Cl2N3O2.C26H20Cl2N4O2.C26H19Cl2N3O2/c28-22-12-10-19(15-21(22)24-8-4-5-13-30-24)31-27(35)20-11-9-18(14-23(20)29)26(34)32-25(16-33)17-6-2-1-3-7-17;1-32(17-18-7-3-2-4-8-18)27(34)19-10-12-21(24(29)15-19)26(33)31-20-11-13-23(28)22(16-20)25-9-5-6-14-30-25;27-21-11-9-18(14-20(21)24-7-3-4-12-30-24)32-26(34)19-10-8-16(13-22(19)28)25(33)31-15-17-5-1-2-6-23(17)29;27-22-12-10-19(15-21(22)24-8-4-5-13-29-24)31-26(33)20-11-9-18(14-23(20)28)25(32)30-16-17-6-2-1-3-7-17/h1-15,25,33H,16H2,(H,31,35)(H,32,34);2-16H,17H2,1H3,(H,31,33);1-14H,15,29H2,(H,31,33)(H,32,34);1-15H,16H2,(H,30,32)(H,31,33)/t25-;;;/m0.../s1. The quantitative estimate of drug-likeness (QED) is 0.0240. The van der Waals surface area contributed by atoms with Crippen molar-refractivity contribution < 1.29 is 43.5 Å². The molecule has 136 heavy (non-hydrogen) atoms. The minimum Gasteiger partial charge on any atom is -0.398 e. The molecule has 0 spiro atoms. The molecule has 0 saturated heterocycles. The first kappa shape index (κ1) is 98.6. The molecule has 16 aromatic rings. The number of pyridine rings is 4. The monoisotopic (exact) mass is 1960 g/mol. The molecule has 30 heteroatoms. The third-order valence-corrected chi connectivity index (χ3v) is 23.2. The Kier molecular flexibility index (Phi) is 34.9. The maximum atomic E-state index is 12.9. The highest BCUT2D eigenvalue weighted by atomic mass is 35.5. The zero-order valence-electron chi connectivity index (χ0n) is 72.0. The zero-order chi connectivity index (χ0) is 96.2. The van der Waals surface area contributed by atoms with Gasteiger partial charge in [0.25, 0.3) is 47.3 Å². The summed E-state index contributed by atoms with van der Waals surface area (Å²) in [5, 5.41) is 32.1.